The largest absolute Gasteiger partial charge is 0.311 e. The molecule has 0 amide bonds. The minimum absolute atomic E-state index is 1.01. The third kappa shape index (κ3) is 5.52. The minimum atomic E-state index is 1.01. The molecule has 0 unspecified atom stereocenters. The van der Waals surface area contributed by atoms with E-state index < -0.39 is 0 Å². The second-order valence-electron chi connectivity index (χ2n) is 13.9. The van der Waals surface area contributed by atoms with Gasteiger partial charge in [0.15, 0.2) is 0 Å². The molecule has 4 aromatic heterocycles. The Kier molecular flexibility index (Phi) is 7.57. The van der Waals surface area contributed by atoms with Crippen molar-refractivity contribution in [1.29, 1.82) is 0 Å². The summed E-state index contributed by atoms with van der Waals surface area (Å²) in [5, 5.41) is 24.1. The molecule has 0 bridgehead atoms. The van der Waals surface area contributed by atoms with Crippen molar-refractivity contribution in [2.24, 2.45) is 0 Å². The second-order valence-corrected chi connectivity index (χ2v) is 15.0. The molecule has 0 spiro atoms. The molecule has 11 rings (SSSR count). The zero-order chi connectivity index (χ0) is 37.0. The van der Waals surface area contributed by atoms with Crippen LogP contribution in [0, 0.1) is 0 Å². The lowest BCUT2D eigenvalue weighted by atomic mass is 9.96. The summed E-state index contributed by atoms with van der Waals surface area (Å²) in [6, 6.07) is 56.5. The van der Waals surface area contributed by atoms with E-state index in [2.05, 4.69) is 183 Å². The number of pyridine rings is 1. The van der Waals surface area contributed by atoms with Gasteiger partial charge in [-0.25, -0.2) is 4.98 Å². The van der Waals surface area contributed by atoms with Gasteiger partial charge in [0, 0.05) is 65.0 Å². The van der Waals surface area contributed by atoms with Crippen LogP contribution in [0.4, 0.5) is 17.1 Å². The smallest absolute Gasteiger partial charge is 0.125 e. The van der Waals surface area contributed by atoms with Crippen LogP contribution in [0.25, 0.3) is 86.1 Å². The number of para-hydroxylation sites is 1. The number of rotatable bonds is 6. The standard InChI is InChI=1S/C49H30N6S/c1-3-7-45-43(5-1)47(48-44-6-2-4-8-46(44)56-49(48)54-45)33-17-23-42(24-18-33)55(40-19-13-31(14-20-40)34-9-11-36-27-50-52-29-38(36)25-34)41-21-15-32(16-22-41)35-10-12-37-28-51-53-30-39(37)26-35/h1-30H. The number of fused-ring (bicyclic) bond motifs is 6. The van der Waals surface area contributed by atoms with E-state index in [4.69, 9.17) is 4.98 Å². The van der Waals surface area contributed by atoms with Gasteiger partial charge in [-0.2, -0.15) is 20.4 Å². The summed E-state index contributed by atoms with van der Waals surface area (Å²) in [5.74, 6) is 0. The fourth-order valence-electron chi connectivity index (χ4n) is 7.86. The van der Waals surface area contributed by atoms with Gasteiger partial charge in [0.05, 0.1) is 30.3 Å². The first-order valence-electron chi connectivity index (χ1n) is 18.5. The first-order chi connectivity index (χ1) is 27.7. The molecule has 0 radical (unpaired) electrons. The number of thiophene rings is 1. The van der Waals surface area contributed by atoms with Gasteiger partial charge < -0.3 is 4.90 Å². The van der Waals surface area contributed by atoms with Crippen LogP contribution in [0.5, 0.6) is 0 Å². The molecular formula is C49H30N6S. The molecule has 7 aromatic carbocycles. The summed E-state index contributed by atoms with van der Waals surface area (Å²) < 4.78 is 1.25. The van der Waals surface area contributed by atoms with Gasteiger partial charge in [-0.05, 0) is 88.5 Å². The Bertz CT molecular complexity index is 3130. The fraction of sp³-hybridized carbons (Fsp3) is 0. The number of nitrogens with zero attached hydrogens (tertiary/aromatic N) is 6. The molecule has 56 heavy (non-hydrogen) atoms. The van der Waals surface area contributed by atoms with Crippen LogP contribution in [-0.4, -0.2) is 25.4 Å². The molecule has 262 valence electrons. The van der Waals surface area contributed by atoms with Crippen LogP contribution < -0.4 is 4.90 Å². The third-order valence-corrected chi connectivity index (χ3v) is 11.7. The van der Waals surface area contributed by atoms with E-state index in [-0.39, 0.29) is 0 Å². The van der Waals surface area contributed by atoms with E-state index in [0.717, 1.165) is 82.2 Å². The van der Waals surface area contributed by atoms with E-state index in [9.17, 15) is 0 Å². The highest BCUT2D eigenvalue weighted by molar-refractivity contribution is 7.25. The van der Waals surface area contributed by atoms with Crippen molar-refractivity contribution >= 4 is 81.1 Å². The topological polar surface area (TPSA) is 67.7 Å². The van der Waals surface area contributed by atoms with E-state index in [1.54, 1.807) is 23.7 Å². The molecule has 4 heterocycles. The first kappa shape index (κ1) is 32.1. The Balaban J connectivity index is 1.02. The molecule has 6 nitrogen and oxygen atoms in total. The summed E-state index contributed by atoms with van der Waals surface area (Å²) >= 11 is 1.76. The summed E-state index contributed by atoms with van der Waals surface area (Å²) in [7, 11) is 0. The van der Waals surface area contributed by atoms with Crippen LogP contribution in [0.1, 0.15) is 0 Å². The fourth-order valence-corrected chi connectivity index (χ4v) is 8.95. The van der Waals surface area contributed by atoms with Crippen molar-refractivity contribution < 1.29 is 0 Å². The van der Waals surface area contributed by atoms with Gasteiger partial charge in [-0.1, -0.05) is 97.1 Å². The zero-order valence-electron chi connectivity index (χ0n) is 29.9. The third-order valence-electron chi connectivity index (χ3n) is 10.6. The Morgan fingerprint density at radius 1 is 0.393 bits per heavy atom. The van der Waals surface area contributed by atoms with Gasteiger partial charge in [-0.3, -0.25) is 0 Å². The van der Waals surface area contributed by atoms with E-state index in [1.165, 1.54) is 21.0 Å². The normalized spacial score (nSPS) is 11.6. The zero-order valence-corrected chi connectivity index (χ0v) is 30.7. The molecule has 0 aliphatic carbocycles. The number of hydrogen-bond donors (Lipinski definition) is 0. The molecule has 0 saturated heterocycles. The monoisotopic (exact) mass is 734 g/mol. The lowest BCUT2D eigenvalue weighted by Gasteiger charge is -2.26. The van der Waals surface area contributed by atoms with Gasteiger partial charge in [0.2, 0.25) is 0 Å². The van der Waals surface area contributed by atoms with Crippen LogP contribution in [0.2, 0.25) is 0 Å². The van der Waals surface area contributed by atoms with Crippen molar-refractivity contribution in [2.75, 3.05) is 4.90 Å². The highest BCUT2D eigenvalue weighted by atomic mass is 32.1. The molecule has 11 aromatic rings. The summed E-state index contributed by atoms with van der Waals surface area (Å²) in [6.45, 7) is 0. The summed E-state index contributed by atoms with van der Waals surface area (Å²) in [6.07, 6.45) is 7.23. The van der Waals surface area contributed by atoms with Crippen molar-refractivity contribution in [3.05, 3.63) is 183 Å². The van der Waals surface area contributed by atoms with E-state index in [1.807, 2.05) is 12.4 Å². The molecule has 0 fully saturated rings. The van der Waals surface area contributed by atoms with Crippen molar-refractivity contribution in [2.45, 2.75) is 0 Å². The number of hydrogen-bond acceptors (Lipinski definition) is 7. The van der Waals surface area contributed by atoms with Crippen molar-refractivity contribution in [1.82, 2.24) is 25.4 Å². The Morgan fingerprint density at radius 2 is 0.857 bits per heavy atom. The van der Waals surface area contributed by atoms with Gasteiger partial charge in [-0.15, -0.1) is 11.3 Å². The second kappa shape index (κ2) is 13.2. The van der Waals surface area contributed by atoms with Gasteiger partial charge >= 0.3 is 0 Å². The average Bonchev–Trinajstić information content (AvgIpc) is 3.64. The highest BCUT2D eigenvalue weighted by Crippen LogP contribution is 2.44. The van der Waals surface area contributed by atoms with Crippen molar-refractivity contribution in [3.8, 4) is 33.4 Å². The Hall–Kier alpha value is -7.35. The maximum absolute atomic E-state index is 5.11. The molecular weight excluding hydrogens is 705 g/mol. The molecule has 0 aliphatic heterocycles. The van der Waals surface area contributed by atoms with E-state index >= 15 is 0 Å². The highest BCUT2D eigenvalue weighted by Gasteiger charge is 2.18. The molecule has 0 atom stereocenters. The Labute approximate surface area is 326 Å². The SMILES string of the molecule is c1ccc2c(-c3ccc(N(c4ccc(-c5ccc6cnncc6c5)cc4)c4ccc(-c5ccc6cnncc6c5)cc4)cc3)c3c(nc2c1)sc1ccccc13. The van der Waals surface area contributed by atoms with E-state index in [0.29, 0.717) is 0 Å². The van der Waals surface area contributed by atoms with Gasteiger partial charge in [0.25, 0.3) is 0 Å². The van der Waals surface area contributed by atoms with Crippen LogP contribution in [0.3, 0.4) is 0 Å². The number of aromatic nitrogens is 5. The minimum Gasteiger partial charge on any atom is -0.311 e. The predicted octanol–water partition coefficient (Wildman–Crippen LogP) is 13.0. The lowest BCUT2D eigenvalue weighted by Crippen LogP contribution is -2.09. The first-order valence-corrected chi connectivity index (χ1v) is 19.3. The predicted molar refractivity (Wildman–Crippen MR) is 232 cm³/mol. The Morgan fingerprint density at radius 3 is 1.43 bits per heavy atom. The summed E-state index contributed by atoms with van der Waals surface area (Å²) in [4.78, 5) is 8.50. The van der Waals surface area contributed by atoms with Crippen LogP contribution >= 0.6 is 11.3 Å². The molecule has 0 N–H and O–H groups in total. The maximum atomic E-state index is 5.11. The lowest BCUT2D eigenvalue weighted by molar-refractivity contribution is 1.05. The number of anilines is 3. The van der Waals surface area contributed by atoms with Gasteiger partial charge in [0.1, 0.15) is 4.83 Å². The number of benzene rings is 7. The molecule has 0 saturated carbocycles. The van der Waals surface area contributed by atoms with Crippen LogP contribution in [0.15, 0.2) is 183 Å². The van der Waals surface area contributed by atoms with Crippen LogP contribution in [-0.2, 0) is 0 Å². The quantitative estimate of drug-likeness (QED) is 0.169. The average molecular weight is 735 g/mol. The summed E-state index contributed by atoms with van der Waals surface area (Å²) in [5.41, 5.74) is 11.1. The molecule has 7 heteroatoms. The molecule has 0 aliphatic rings. The van der Waals surface area contributed by atoms with Crippen molar-refractivity contribution in [3.63, 3.8) is 0 Å². The maximum Gasteiger partial charge on any atom is 0.125 e.